The fourth-order valence-corrected chi connectivity index (χ4v) is 5.49. The minimum absolute atomic E-state index is 0.106. The molecule has 6 nitrogen and oxygen atoms in total. The van der Waals surface area contributed by atoms with Gasteiger partial charge in [-0.25, -0.2) is 4.79 Å². The molecule has 202 valence electrons. The molecule has 0 aromatic heterocycles. The molecule has 1 fully saturated rings. The highest BCUT2D eigenvalue weighted by atomic mass is 16.6. The number of hydrogen-bond acceptors (Lipinski definition) is 4. The largest absolute Gasteiger partial charge is 0.449 e. The van der Waals surface area contributed by atoms with Gasteiger partial charge in [-0.2, -0.15) is 5.26 Å². The average Bonchev–Trinajstić information content (AvgIpc) is 3.48. The van der Waals surface area contributed by atoms with Crippen molar-refractivity contribution in [3.8, 4) is 6.07 Å². The summed E-state index contributed by atoms with van der Waals surface area (Å²) in [5.41, 5.74) is 2.30. The van der Waals surface area contributed by atoms with Crippen LogP contribution < -0.4 is 5.32 Å². The van der Waals surface area contributed by atoms with Gasteiger partial charge >= 0.3 is 6.09 Å². The first-order chi connectivity index (χ1) is 19.0. The van der Waals surface area contributed by atoms with Crippen LogP contribution in [-0.2, 0) is 14.9 Å². The van der Waals surface area contributed by atoms with Crippen LogP contribution in [0.4, 0.5) is 4.79 Å². The molecule has 6 heteroatoms. The first kappa shape index (κ1) is 27.9. The Kier molecular flexibility index (Phi) is 9.38. The zero-order valence-corrected chi connectivity index (χ0v) is 22.8. The van der Waals surface area contributed by atoms with E-state index in [-0.39, 0.29) is 24.5 Å². The van der Waals surface area contributed by atoms with E-state index in [0.717, 1.165) is 23.1 Å². The molecule has 1 aliphatic rings. The molecule has 0 bridgehead atoms. The van der Waals surface area contributed by atoms with Crippen LogP contribution in [0.3, 0.4) is 0 Å². The summed E-state index contributed by atoms with van der Waals surface area (Å²) in [6.07, 6.45) is 2.00. The topological polar surface area (TPSA) is 82.4 Å². The van der Waals surface area contributed by atoms with Crippen molar-refractivity contribution in [2.24, 2.45) is 5.92 Å². The fraction of sp³-hybridized carbons (Fsp3) is 0.364. The van der Waals surface area contributed by atoms with Crippen LogP contribution in [0, 0.1) is 17.2 Å². The molecule has 1 heterocycles. The Hall–Kier alpha value is -4.11. The van der Waals surface area contributed by atoms with Crippen molar-refractivity contribution in [3.63, 3.8) is 0 Å². The highest BCUT2D eigenvalue weighted by molar-refractivity contribution is 5.86. The Bertz CT molecular complexity index is 1220. The molecular weight excluding hydrogens is 486 g/mol. The van der Waals surface area contributed by atoms with Crippen LogP contribution in [0.15, 0.2) is 91.0 Å². The van der Waals surface area contributed by atoms with Crippen molar-refractivity contribution in [1.29, 1.82) is 5.26 Å². The summed E-state index contributed by atoms with van der Waals surface area (Å²) in [7, 11) is 0. The summed E-state index contributed by atoms with van der Waals surface area (Å²) in [5.74, 6) is -0.0797. The van der Waals surface area contributed by atoms with Gasteiger partial charge in [0.25, 0.3) is 0 Å². The van der Waals surface area contributed by atoms with Gasteiger partial charge < -0.3 is 10.1 Å². The SMILES string of the molecule is CC(C)C(C#N)(CCCOC(=O)N1CCC[C@H]1C(=O)NC(c1ccccc1)c1ccccc1)c1ccccc1. The summed E-state index contributed by atoms with van der Waals surface area (Å²) >= 11 is 0. The number of ether oxygens (including phenoxy) is 1. The smallest absolute Gasteiger partial charge is 0.410 e. The van der Waals surface area contributed by atoms with E-state index < -0.39 is 17.6 Å². The van der Waals surface area contributed by atoms with E-state index in [1.807, 2.05) is 105 Å². The number of carbonyl (C=O) groups is 2. The van der Waals surface area contributed by atoms with Gasteiger partial charge in [-0.1, -0.05) is 105 Å². The van der Waals surface area contributed by atoms with Crippen molar-refractivity contribution >= 4 is 12.0 Å². The zero-order valence-electron chi connectivity index (χ0n) is 22.8. The second-order valence-corrected chi connectivity index (χ2v) is 10.4. The third kappa shape index (κ3) is 6.49. The lowest BCUT2D eigenvalue weighted by Crippen LogP contribution is -2.47. The van der Waals surface area contributed by atoms with E-state index in [0.29, 0.717) is 25.8 Å². The minimum atomic E-state index is -0.645. The molecule has 39 heavy (non-hydrogen) atoms. The molecule has 0 spiro atoms. The Morgan fingerprint density at radius 2 is 1.54 bits per heavy atom. The summed E-state index contributed by atoms with van der Waals surface area (Å²) in [5, 5.41) is 13.3. The molecule has 1 unspecified atom stereocenters. The predicted octanol–water partition coefficient (Wildman–Crippen LogP) is 6.39. The van der Waals surface area contributed by atoms with Crippen LogP contribution in [0.2, 0.25) is 0 Å². The molecule has 3 aromatic carbocycles. The normalized spacial score (nSPS) is 16.5. The maximum atomic E-state index is 13.5. The van der Waals surface area contributed by atoms with Crippen LogP contribution in [0.5, 0.6) is 0 Å². The third-order valence-corrected chi connectivity index (χ3v) is 7.76. The van der Waals surface area contributed by atoms with Crippen LogP contribution in [-0.4, -0.2) is 36.1 Å². The number of amides is 2. The average molecular weight is 524 g/mol. The Balaban J connectivity index is 1.37. The lowest BCUT2D eigenvalue weighted by Gasteiger charge is -2.31. The van der Waals surface area contributed by atoms with Crippen molar-refractivity contribution in [2.45, 2.75) is 57.0 Å². The number of benzene rings is 3. The second-order valence-electron chi connectivity index (χ2n) is 10.4. The Morgan fingerprint density at radius 3 is 2.08 bits per heavy atom. The summed E-state index contributed by atoms with van der Waals surface area (Å²) in [6, 6.07) is 31.1. The highest BCUT2D eigenvalue weighted by Crippen LogP contribution is 2.36. The van der Waals surface area contributed by atoms with Crippen LogP contribution in [0.1, 0.15) is 62.3 Å². The van der Waals surface area contributed by atoms with Crippen LogP contribution >= 0.6 is 0 Å². The van der Waals surface area contributed by atoms with Gasteiger partial charge in [-0.3, -0.25) is 9.69 Å². The predicted molar refractivity (Wildman–Crippen MR) is 152 cm³/mol. The molecule has 0 saturated carbocycles. The van der Waals surface area contributed by atoms with E-state index in [4.69, 9.17) is 4.74 Å². The number of nitrogens with zero attached hydrogens (tertiary/aromatic N) is 2. The highest BCUT2D eigenvalue weighted by Gasteiger charge is 2.37. The second kappa shape index (κ2) is 13.1. The summed E-state index contributed by atoms with van der Waals surface area (Å²) in [6.45, 7) is 4.78. The Labute approximate surface area is 231 Å². The molecule has 3 aromatic rings. The number of likely N-dealkylation sites (tertiary alicyclic amines) is 1. The lowest BCUT2D eigenvalue weighted by atomic mass is 9.70. The van der Waals surface area contributed by atoms with Crippen LogP contribution in [0.25, 0.3) is 0 Å². The van der Waals surface area contributed by atoms with Gasteiger partial charge in [-0.05, 0) is 48.3 Å². The minimum Gasteiger partial charge on any atom is -0.449 e. The molecule has 0 radical (unpaired) electrons. The summed E-state index contributed by atoms with van der Waals surface area (Å²) in [4.78, 5) is 28.0. The number of carbonyl (C=O) groups excluding carboxylic acids is 2. The molecule has 2 atom stereocenters. The lowest BCUT2D eigenvalue weighted by molar-refractivity contribution is -0.125. The first-order valence-corrected chi connectivity index (χ1v) is 13.8. The maximum Gasteiger partial charge on any atom is 0.410 e. The van der Waals surface area contributed by atoms with E-state index in [1.54, 1.807) is 4.90 Å². The first-order valence-electron chi connectivity index (χ1n) is 13.8. The molecule has 1 saturated heterocycles. The summed E-state index contributed by atoms with van der Waals surface area (Å²) < 4.78 is 5.63. The molecule has 0 aliphatic carbocycles. The molecule has 1 aliphatic heterocycles. The molecule has 1 N–H and O–H groups in total. The van der Waals surface area contributed by atoms with Crippen molar-refractivity contribution in [2.75, 3.05) is 13.2 Å². The van der Waals surface area contributed by atoms with Crippen molar-refractivity contribution in [3.05, 3.63) is 108 Å². The van der Waals surface area contributed by atoms with Crippen molar-refractivity contribution < 1.29 is 14.3 Å². The monoisotopic (exact) mass is 523 g/mol. The van der Waals surface area contributed by atoms with Crippen molar-refractivity contribution in [1.82, 2.24) is 10.2 Å². The van der Waals surface area contributed by atoms with Gasteiger partial charge in [0.1, 0.15) is 6.04 Å². The standard InChI is InChI=1S/C33H37N3O3/c1-25(2)33(24-34,28-18-10-5-11-19-28)21-13-23-39-32(38)36-22-12-20-29(36)31(37)35-30(26-14-6-3-7-15-26)27-16-8-4-9-17-27/h3-11,14-19,25,29-30H,12-13,20-23H2,1-2H3,(H,35,37)/t29-,33?/m0/s1. The molecule has 4 rings (SSSR count). The quantitative estimate of drug-likeness (QED) is 0.312. The fourth-order valence-electron chi connectivity index (χ4n) is 5.49. The van der Waals surface area contributed by atoms with Gasteiger partial charge in [-0.15, -0.1) is 0 Å². The van der Waals surface area contributed by atoms with Gasteiger partial charge in [0.05, 0.1) is 24.1 Å². The molecular formula is C33H37N3O3. The van der Waals surface area contributed by atoms with Gasteiger partial charge in [0.2, 0.25) is 5.91 Å². The van der Waals surface area contributed by atoms with E-state index in [2.05, 4.69) is 11.4 Å². The number of nitrogens with one attached hydrogen (secondary N) is 1. The molecule has 2 amide bonds. The van der Waals surface area contributed by atoms with Gasteiger partial charge in [0, 0.05) is 6.54 Å². The maximum absolute atomic E-state index is 13.5. The third-order valence-electron chi connectivity index (χ3n) is 7.76. The number of nitriles is 1. The number of rotatable bonds is 10. The number of hydrogen-bond donors (Lipinski definition) is 1. The van der Waals surface area contributed by atoms with Gasteiger partial charge in [0.15, 0.2) is 0 Å². The zero-order chi connectivity index (χ0) is 27.7. The van der Waals surface area contributed by atoms with E-state index >= 15 is 0 Å². The van der Waals surface area contributed by atoms with E-state index in [9.17, 15) is 14.9 Å². The Morgan fingerprint density at radius 1 is 0.974 bits per heavy atom. The van der Waals surface area contributed by atoms with E-state index in [1.165, 1.54) is 0 Å².